The molecule has 0 unspecified atom stereocenters. The van der Waals surface area contributed by atoms with Gasteiger partial charge in [0.2, 0.25) is 0 Å². The summed E-state index contributed by atoms with van der Waals surface area (Å²) in [4.78, 5) is 19.1. The zero-order chi connectivity index (χ0) is 18.4. The molecule has 132 valence electrons. The van der Waals surface area contributed by atoms with E-state index in [4.69, 9.17) is 27.5 Å². The van der Waals surface area contributed by atoms with Crippen molar-refractivity contribution in [1.82, 2.24) is 4.57 Å². The largest absolute Gasteiger partial charge is 0.478 e. The molecule has 0 aliphatic heterocycles. The predicted octanol–water partition coefficient (Wildman–Crippen LogP) is 2.58. The maximum Gasteiger partial charge on any atom is 0.328 e. The van der Waals surface area contributed by atoms with Crippen molar-refractivity contribution in [2.24, 2.45) is 5.73 Å². The first-order valence-corrected chi connectivity index (χ1v) is 8.11. The van der Waals surface area contributed by atoms with Crippen molar-refractivity contribution in [1.29, 1.82) is 0 Å². The Bertz CT molecular complexity index is 795. The Hall–Kier alpha value is -2.57. The topological polar surface area (TPSA) is 106 Å². The first-order chi connectivity index (χ1) is 11.9. The number of carboxylic acids is 2. The van der Waals surface area contributed by atoms with Gasteiger partial charge >= 0.3 is 11.9 Å². The number of aromatic nitrogens is 1. The number of nitrogens with two attached hydrogens (primary N) is 1. The van der Waals surface area contributed by atoms with E-state index in [1.165, 1.54) is 22.4 Å². The smallest absolute Gasteiger partial charge is 0.328 e. The Labute approximate surface area is 150 Å². The zero-order valence-corrected chi connectivity index (χ0v) is 14.2. The second kappa shape index (κ2) is 8.50. The van der Waals surface area contributed by atoms with Crippen molar-refractivity contribution in [2.75, 3.05) is 6.54 Å². The van der Waals surface area contributed by atoms with Crippen molar-refractivity contribution < 1.29 is 19.8 Å². The lowest BCUT2D eigenvalue weighted by Crippen LogP contribution is -2.12. The molecule has 0 atom stereocenters. The minimum Gasteiger partial charge on any atom is -0.478 e. The summed E-state index contributed by atoms with van der Waals surface area (Å²) in [5, 5.41) is 16.4. The van der Waals surface area contributed by atoms with Crippen LogP contribution >= 0.6 is 11.6 Å². The average molecular weight is 363 g/mol. The van der Waals surface area contributed by atoms with Crippen LogP contribution in [0.1, 0.15) is 11.1 Å². The normalized spacial score (nSPS) is 12.1. The highest BCUT2D eigenvalue weighted by Gasteiger charge is 2.19. The maximum atomic E-state index is 9.55. The van der Waals surface area contributed by atoms with E-state index >= 15 is 0 Å². The lowest BCUT2D eigenvalue weighted by molar-refractivity contribution is -0.134. The summed E-state index contributed by atoms with van der Waals surface area (Å²) in [5.41, 5.74) is 11.1. The van der Waals surface area contributed by atoms with E-state index in [2.05, 4.69) is 29.0 Å². The van der Waals surface area contributed by atoms with Gasteiger partial charge in [-0.25, -0.2) is 9.59 Å². The molecular formula is C18H19ClN2O4. The summed E-state index contributed by atoms with van der Waals surface area (Å²) < 4.78 is 2.25. The predicted molar refractivity (Wildman–Crippen MR) is 95.8 cm³/mol. The molecule has 7 heteroatoms. The maximum absolute atomic E-state index is 9.55. The van der Waals surface area contributed by atoms with Gasteiger partial charge in [-0.1, -0.05) is 17.7 Å². The first-order valence-electron chi connectivity index (χ1n) is 7.73. The molecular weight excluding hydrogens is 344 g/mol. The molecule has 0 radical (unpaired) electrons. The summed E-state index contributed by atoms with van der Waals surface area (Å²) in [6.45, 7) is 1.54. The molecule has 4 N–H and O–H groups in total. The van der Waals surface area contributed by atoms with Crippen LogP contribution in [-0.2, 0) is 29.0 Å². The van der Waals surface area contributed by atoms with Gasteiger partial charge < -0.3 is 20.5 Å². The standard InChI is InChI=1S/C14H15ClN2.C4H4O4/c15-12-3-4-13-11(9-12)2-1-10-5-7-17(8-6-16)14(10)13;5-3(6)1-2-4(7)8/h3-5,7,9H,1-2,6,8,16H2;1-2H,(H,5,6)(H,7,8)/b;2-1+. The monoisotopic (exact) mass is 362 g/mol. The lowest BCUT2D eigenvalue weighted by Gasteiger charge is -2.19. The number of halogens is 1. The number of fused-ring (bicyclic) bond motifs is 3. The van der Waals surface area contributed by atoms with Crippen LogP contribution in [0.2, 0.25) is 5.02 Å². The minimum atomic E-state index is -1.26. The van der Waals surface area contributed by atoms with Crippen molar-refractivity contribution in [3.05, 3.63) is 58.8 Å². The molecule has 1 aromatic heterocycles. The molecule has 0 saturated carbocycles. The quantitative estimate of drug-likeness (QED) is 0.725. The van der Waals surface area contributed by atoms with E-state index in [9.17, 15) is 9.59 Å². The van der Waals surface area contributed by atoms with Crippen molar-refractivity contribution in [3.8, 4) is 11.3 Å². The molecule has 25 heavy (non-hydrogen) atoms. The molecule has 6 nitrogen and oxygen atoms in total. The van der Waals surface area contributed by atoms with Gasteiger partial charge in [-0.3, -0.25) is 0 Å². The lowest BCUT2D eigenvalue weighted by atomic mass is 9.90. The van der Waals surface area contributed by atoms with Gasteiger partial charge in [-0.05, 0) is 42.2 Å². The van der Waals surface area contributed by atoms with Crippen LogP contribution in [0.15, 0.2) is 42.6 Å². The van der Waals surface area contributed by atoms with Gasteiger partial charge in [0, 0.05) is 42.0 Å². The Morgan fingerprint density at radius 3 is 2.36 bits per heavy atom. The molecule has 1 aromatic carbocycles. The average Bonchev–Trinajstić information content (AvgIpc) is 2.97. The third kappa shape index (κ3) is 4.95. The molecule has 0 bridgehead atoms. The van der Waals surface area contributed by atoms with Crippen molar-refractivity contribution >= 4 is 23.5 Å². The van der Waals surface area contributed by atoms with Gasteiger partial charge in [0.25, 0.3) is 0 Å². The molecule has 0 fully saturated rings. The van der Waals surface area contributed by atoms with Crippen LogP contribution in [0.5, 0.6) is 0 Å². The molecule has 0 amide bonds. The first kappa shape index (κ1) is 18.8. The fraction of sp³-hybridized carbons (Fsp3) is 0.222. The number of aryl methyl sites for hydroxylation is 2. The van der Waals surface area contributed by atoms with E-state index in [-0.39, 0.29) is 0 Å². The molecule has 0 saturated heterocycles. The summed E-state index contributed by atoms with van der Waals surface area (Å²) in [6.07, 6.45) is 5.43. The zero-order valence-electron chi connectivity index (χ0n) is 13.5. The van der Waals surface area contributed by atoms with Crippen LogP contribution in [-0.4, -0.2) is 33.3 Å². The summed E-state index contributed by atoms with van der Waals surface area (Å²) in [6, 6.07) is 8.39. The molecule has 3 rings (SSSR count). The number of aliphatic carboxylic acids is 2. The van der Waals surface area contributed by atoms with E-state index in [0.29, 0.717) is 18.7 Å². The number of carboxylic acid groups (broad SMARTS) is 2. The Kier molecular flexibility index (Phi) is 6.38. The Morgan fingerprint density at radius 2 is 1.76 bits per heavy atom. The van der Waals surface area contributed by atoms with Gasteiger partial charge in [-0.15, -0.1) is 0 Å². The Morgan fingerprint density at radius 1 is 1.12 bits per heavy atom. The van der Waals surface area contributed by atoms with Gasteiger partial charge in [0.1, 0.15) is 0 Å². The second-order valence-electron chi connectivity index (χ2n) is 5.48. The SMILES string of the molecule is NCCn1ccc2c1-c1ccc(Cl)cc1CC2.O=C(O)/C=C/C(=O)O. The van der Waals surface area contributed by atoms with Gasteiger partial charge in [0.05, 0.1) is 5.69 Å². The minimum absolute atomic E-state index is 0.558. The molecule has 0 spiro atoms. The fourth-order valence-corrected chi connectivity index (χ4v) is 2.98. The van der Waals surface area contributed by atoms with E-state index in [0.717, 1.165) is 24.4 Å². The number of hydrogen-bond acceptors (Lipinski definition) is 3. The van der Waals surface area contributed by atoms with E-state index in [1.54, 1.807) is 0 Å². The highest BCUT2D eigenvalue weighted by Crippen LogP contribution is 2.35. The molecule has 2 aromatic rings. The van der Waals surface area contributed by atoms with Crippen molar-refractivity contribution in [3.63, 3.8) is 0 Å². The van der Waals surface area contributed by atoms with E-state index < -0.39 is 11.9 Å². The number of rotatable bonds is 4. The molecule has 1 aliphatic carbocycles. The van der Waals surface area contributed by atoms with Crippen LogP contribution in [0.4, 0.5) is 0 Å². The second-order valence-corrected chi connectivity index (χ2v) is 5.92. The highest BCUT2D eigenvalue weighted by atomic mass is 35.5. The summed E-state index contributed by atoms with van der Waals surface area (Å²) in [5.74, 6) is -2.51. The van der Waals surface area contributed by atoms with Crippen LogP contribution in [0, 0.1) is 0 Å². The fourth-order valence-electron chi connectivity index (χ4n) is 2.78. The van der Waals surface area contributed by atoms with Gasteiger partial charge in [-0.2, -0.15) is 0 Å². The third-order valence-electron chi connectivity index (χ3n) is 3.77. The Balaban J connectivity index is 0.000000242. The number of hydrogen-bond donors (Lipinski definition) is 3. The van der Waals surface area contributed by atoms with E-state index in [1.807, 2.05) is 6.07 Å². The number of benzene rings is 1. The third-order valence-corrected chi connectivity index (χ3v) is 4.01. The molecule has 1 aliphatic rings. The molecule has 1 heterocycles. The highest BCUT2D eigenvalue weighted by molar-refractivity contribution is 6.30. The summed E-state index contributed by atoms with van der Waals surface area (Å²) >= 11 is 6.05. The van der Waals surface area contributed by atoms with Crippen LogP contribution < -0.4 is 5.73 Å². The van der Waals surface area contributed by atoms with Crippen LogP contribution in [0.25, 0.3) is 11.3 Å². The van der Waals surface area contributed by atoms with Crippen LogP contribution in [0.3, 0.4) is 0 Å². The number of carbonyl (C=O) groups is 2. The number of nitrogens with zero attached hydrogens (tertiary/aromatic N) is 1. The van der Waals surface area contributed by atoms with Gasteiger partial charge in [0.15, 0.2) is 0 Å². The summed E-state index contributed by atoms with van der Waals surface area (Å²) in [7, 11) is 0. The van der Waals surface area contributed by atoms with Crippen molar-refractivity contribution in [2.45, 2.75) is 19.4 Å².